The number of para-hydroxylation sites is 1. The van der Waals surface area contributed by atoms with Crippen LogP contribution in [0.4, 0.5) is 0 Å². The minimum atomic E-state index is -0.446. The summed E-state index contributed by atoms with van der Waals surface area (Å²) < 4.78 is 0. The third-order valence-corrected chi connectivity index (χ3v) is 24.5. The van der Waals surface area contributed by atoms with Gasteiger partial charge in [0.2, 0.25) is 0 Å². The molecule has 1 aliphatic carbocycles. The maximum atomic E-state index is 11.2. The van der Waals surface area contributed by atoms with Gasteiger partial charge in [-0.2, -0.15) is 0 Å². The highest BCUT2D eigenvalue weighted by Crippen LogP contribution is 2.35. The molecule has 0 radical (unpaired) electrons. The molecule has 2 nitrogen and oxygen atoms in total. The Morgan fingerprint density at radius 3 is 0.600 bits per heavy atom. The summed E-state index contributed by atoms with van der Waals surface area (Å²) in [5.41, 5.74) is 1.10. The Morgan fingerprint density at radius 1 is 0.222 bits per heavy atom. The van der Waals surface area contributed by atoms with Gasteiger partial charge in [-0.25, -0.2) is 0 Å². The zero-order valence-electron chi connectivity index (χ0n) is 50.0. The number of Topliss-reactive ketones (excluding diaryl/α,β-unsaturated/α-hetero) is 1. The van der Waals surface area contributed by atoms with Crippen LogP contribution in [0.2, 0.25) is 0 Å². The molecule has 1 aliphatic rings. The molecule has 90 heavy (non-hydrogen) atoms. The van der Waals surface area contributed by atoms with E-state index < -0.39 is 31.7 Å². The average Bonchev–Trinajstić information content (AvgIpc) is 2.22. The highest BCUT2D eigenvalue weighted by atomic mass is 31.1. The Hall–Kier alpha value is -9.47. The van der Waals surface area contributed by atoms with Gasteiger partial charge < -0.3 is 4.98 Å². The summed E-state index contributed by atoms with van der Waals surface area (Å²) in [6.07, 6.45) is 4.21. The van der Waals surface area contributed by atoms with Gasteiger partial charge >= 0.3 is 0 Å². The van der Waals surface area contributed by atoms with Crippen LogP contribution in [0.3, 0.4) is 0 Å². The molecule has 15 rings (SSSR count). The second-order valence-corrected chi connectivity index (χ2v) is 29.8. The standard InChI is InChI=1S/4C18H15P.C12H9NO/c4*1-4-10-16(11-5-1)19(17-12-6-2-7-13-17)18-14-8-3-9-15-18;14-8-5-6-10-9-3-1-2-4-11(9)13-12(10)7-8/h4*1-15H;1-4,6-7,13H,5H2. The van der Waals surface area contributed by atoms with Crippen molar-refractivity contribution >= 4 is 124 Å². The van der Waals surface area contributed by atoms with Gasteiger partial charge in [0.05, 0.1) is 0 Å². The number of H-pyrrole nitrogens is 1. The molecule has 0 saturated carbocycles. The van der Waals surface area contributed by atoms with Gasteiger partial charge in [0, 0.05) is 34.0 Å². The second kappa shape index (κ2) is 33.2. The maximum absolute atomic E-state index is 11.2. The first kappa shape index (κ1) is 62.1. The molecule has 0 amide bonds. The van der Waals surface area contributed by atoms with E-state index >= 15 is 0 Å². The lowest BCUT2D eigenvalue weighted by Crippen LogP contribution is -2.27. The molecular formula is C84H69NOP4. The van der Waals surface area contributed by atoms with Gasteiger partial charge in [-0.05, 0) is 101 Å². The predicted octanol–water partition coefficient (Wildman–Crippen LogP) is 14.5. The first-order chi connectivity index (χ1) is 44.6. The first-order valence-electron chi connectivity index (χ1n) is 30.3. The van der Waals surface area contributed by atoms with E-state index in [0.29, 0.717) is 6.42 Å². The molecule has 436 valence electrons. The van der Waals surface area contributed by atoms with Gasteiger partial charge in [0.1, 0.15) is 0 Å². The van der Waals surface area contributed by atoms with Crippen molar-refractivity contribution in [2.75, 3.05) is 0 Å². The number of hydrogen-bond acceptors (Lipinski definition) is 1. The molecule has 0 bridgehead atoms. The van der Waals surface area contributed by atoms with Crippen molar-refractivity contribution in [2.24, 2.45) is 0 Å². The minimum absolute atomic E-state index is 0.170. The SMILES string of the molecule is O=C1C=c2[nH]c3ccccc3c2=CC1.c1ccc(P(c2ccccc2)c2ccccc2)cc1.c1ccc(P(c2ccccc2)c2ccccc2)cc1.c1ccc(P(c2ccccc2)c2ccccc2)cc1.c1ccc(P(c2ccccc2)c2ccccc2)cc1. The summed E-state index contributed by atoms with van der Waals surface area (Å²) in [4.78, 5) is 14.4. The van der Waals surface area contributed by atoms with Crippen LogP contribution in [-0.2, 0) is 4.79 Å². The summed E-state index contributed by atoms with van der Waals surface area (Å²) in [5.74, 6) is 0.170. The smallest absolute Gasteiger partial charge is 0.161 e. The van der Waals surface area contributed by atoms with Crippen molar-refractivity contribution in [1.29, 1.82) is 0 Å². The number of ketones is 1. The minimum Gasteiger partial charge on any atom is -0.354 e. The van der Waals surface area contributed by atoms with Crippen LogP contribution in [0, 0.1) is 0 Å². The van der Waals surface area contributed by atoms with E-state index in [1.54, 1.807) is 6.08 Å². The first-order valence-corrected chi connectivity index (χ1v) is 35.6. The highest BCUT2D eigenvalue weighted by molar-refractivity contribution is 7.81. The third-order valence-electron chi connectivity index (χ3n) is 14.8. The van der Waals surface area contributed by atoms with Crippen molar-refractivity contribution in [2.45, 2.75) is 6.42 Å². The van der Waals surface area contributed by atoms with Crippen LogP contribution in [0.5, 0.6) is 0 Å². The van der Waals surface area contributed by atoms with Crippen molar-refractivity contribution < 1.29 is 4.79 Å². The number of benzene rings is 13. The van der Waals surface area contributed by atoms with Gasteiger partial charge in [0.25, 0.3) is 0 Å². The molecule has 0 spiro atoms. The molecule has 0 aliphatic heterocycles. The fraction of sp³-hybridized carbons (Fsp3) is 0.0119. The fourth-order valence-corrected chi connectivity index (χ4v) is 19.9. The van der Waals surface area contributed by atoms with Gasteiger partial charge in [-0.3, -0.25) is 4.79 Å². The number of carbonyl (C=O) groups excluding carboxylic acids is 1. The quantitative estimate of drug-likeness (QED) is 0.122. The molecular weight excluding hydrogens is 1160 g/mol. The molecule has 6 heteroatoms. The number of hydrogen-bond donors (Lipinski definition) is 1. The molecule has 1 heterocycles. The second-order valence-electron chi connectivity index (χ2n) is 20.9. The van der Waals surface area contributed by atoms with E-state index in [1.807, 2.05) is 24.3 Å². The average molecular weight is 1230 g/mol. The summed E-state index contributed by atoms with van der Waals surface area (Å²) in [6.45, 7) is 0. The zero-order valence-corrected chi connectivity index (χ0v) is 53.6. The summed E-state index contributed by atoms with van der Waals surface area (Å²) in [6, 6.07) is 137. The molecule has 13 aromatic carbocycles. The summed E-state index contributed by atoms with van der Waals surface area (Å²) >= 11 is 0. The van der Waals surface area contributed by atoms with Gasteiger partial charge in [-0.15, -0.1) is 0 Å². The highest BCUT2D eigenvalue weighted by Gasteiger charge is 2.19. The van der Waals surface area contributed by atoms with Crippen molar-refractivity contribution in [3.8, 4) is 0 Å². The number of carbonyl (C=O) groups is 1. The van der Waals surface area contributed by atoms with Crippen molar-refractivity contribution in [3.63, 3.8) is 0 Å². The lowest BCUT2D eigenvalue weighted by Gasteiger charge is -2.18. The Bertz CT molecular complexity index is 3630. The van der Waals surface area contributed by atoms with Crippen LogP contribution in [0.1, 0.15) is 6.42 Å². The Kier molecular flexibility index (Phi) is 22.9. The van der Waals surface area contributed by atoms with Gasteiger partial charge in [-0.1, -0.05) is 388 Å². The lowest BCUT2D eigenvalue weighted by atomic mass is 10.1. The van der Waals surface area contributed by atoms with Crippen LogP contribution in [0.15, 0.2) is 388 Å². The largest absolute Gasteiger partial charge is 0.354 e. The number of fused-ring (bicyclic) bond motifs is 3. The topological polar surface area (TPSA) is 32.9 Å². The number of nitrogens with one attached hydrogen (secondary N) is 1. The molecule has 0 unspecified atom stereocenters. The molecule has 0 fully saturated rings. The molecule has 1 aromatic heterocycles. The van der Waals surface area contributed by atoms with Crippen molar-refractivity contribution in [1.82, 2.24) is 4.98 Å². The fourth-order valence-electron chi connectivity index (χ4n) is 10.7. The van der Waals surface area contributed by atoms with Crippen LogP contribution < -0.4 is 74.2 Å². The zero-order chi connectivity index (χ0) is 61.2. The van der Waals surface area contributed by atoms with E-state index in [9.17, 15) is 4.79 Å². The predicted molar refractivity (Wildman–Crippen MR) is 397 cm³/mol. The van der Waals surface area contributed by atoms with E-state index in [-0.39, 0.29) is 5.78 Å². The molecule has 14 aromatic rings. The number of aromatic nitrogens is 1. The lowest BCUT2D eigenvalue weighted by molar-refractivity contribution is -0.112. The Labute approximate surface area is 535 Å². The number of aromatic amines is 1. The molecule has 0 atom stereocenters. The van der Waals surface area contributed by atoms with Crippen LogP contribution in [0.25, 0.3) is 23.1 Å². The Balaban J connectivity index is 0.000000116. The third kappa shape index (κ3) is 17.0. The van der Waals surface area contributed by atoms with Gasteiger partial charge in [0.15, 0.2) is 5.78 Å². The Morgan fingerprint density at radius 2 is 0.400 bits per heavy atom. The molecule has 1 N–H and O–H groups in total. The van der Waals surface area contributed by atoms with E-state index in [0.717, 1.165) is 10.9 Å². The van der Waals surface area contributed by atoms with Crippen LogP contribution in [-0.4, -0.2) is 10.8 Å². The van der Waals surface area contributed by atoms with E-state index in [1.165, 1.54) is 74.3 Å². The van der Waals surface area contributed by atoms with Crippen molar-refractivity contribution in [3.05, 3.63) is 399 Å². The monoisotopic (exact) mass is 1230 g/mol. The van der Waals surface area contributed by atoms with E-state index in [2.05, 4.69) is 375 Å². The van der Waals surface area contributed by atoms with E-state index in [4.69, 9.17) is 0 Å². The molecule has 0 saturated heterocycles. The normalized spacial score (nSPS) is 11.2. The number of rotatable bonds is 12. The summed E-state index contributed by atoms with van der Waals surface area (Å²) in [7, 11) is -1.78. The van der Waals surface area contributed by atoms with Crippen LogP contribution >= 0.6 is 31.7 Å². The summed E-state index contributed by atoms with van der Waals surface area (Å²) in [5, 5.41) is 20.1. The maximum Gasteiger partial charge on any atom is 0.161 e.